The van der Waals surface area contributed by atoms with Gasteiger partial charge >= 0.3 is 5.97 Å². The van der Waals surface area contributed by atoms with E-state index in [1.165, 1.54) is 31.8 Å². The Morgan fingerprint density at radius 3 is 2.76 bits per heavy atom. The van der Waals surface area contributed by atoms with E-state index in [9.17, 15) is 4.79 Å². The molecule has 17 heavy (non-hydrogen) atoms. The number of esters is 1. The topological polar surface area (TPSA) is 26.3 Å². The SMILES string of the molecule is C=CC(=O)OC(C)(C)C12CC13CC(C)CC2C3. The molecule has 3 fully saturated rings. The first-order chi connectivity index (χ1) is 7.87. The fourth-order valence-electron chi connectivity index (χ4n) is 5.42. The van der Waals surface area contributed by atoms with Crippen molar-refractivity contribution in [1.82, 2.24) is 0 Å². The van der Waals surface area contributed by atoms with Crippen LogP contribution in [-0.2, 0) is 9.53 Å². The van der Waals surface area contributed by atoms with Gasteiger partial charge in [0.05, 0.1) is 0 Å². The minimum absolute atomic E-state index is 0.274. The summed E-state index contributed by atoms with van der Waals surface area (Å²) in [5, 5.41) is 0. The van der Waals surface area contributed by atoms with Crippen LogP contribution in [0.25, 0.3) is 0 Å². The molecule has 0 radical (unpaired) electrons. The number of hydrogen-bond donors (Lipinski definition) is 0. The second-order valence-electron chi connectivity index (χ2n) is 7.01. The van der Waals surface area contributed by atoms with Crippen LogP contribution in [0.5, 0.6) is 0 Å². The summed E-state index contributed by atoms with van der Waals surface area (Å²) in [5.41, 5.74) is 0.493. The molecule has 0 heterocycles. The molecule has 0 aromatic rings. The number of rotatable bonds is 3. The van der Waals surface area contributed by atoms with E-state index in [0.29, 0.717) is 10.8 Å². The molecule has 0 aromatic carbocycles. The molecule has 2 heteroatoms. The van der Waals surface area contributed by atoms with Crippen LogP contribution in [0.2, 0.25) is 0 Å². The van der Waals surface area contributed by atoms with Gasteiger partial charge in [-0.25, -0.2) is 4.79 Å². The van der Waals surface area contributed by atoms with Gasteiger partial charge in [0.25, 0.3) is 0 Å². The van der Waals surface area contributed by atoms with Crippen molar-refractivity contribution in [3.05, 3.63) is 12.7 Å². The summed E-state index contributed by atoms with van der Waals surface area (Å²) in [4.78, 5) is 11.5. The molecule has 0 aromatic heterocycles. The lowest BCUT2D eigenvalue weighted by molar-refractivity contribution is -0.182. The first-order valence-electron chi connectivity index (χ1n) is 6.72. The maximum Gasteiger partial charge on any atom is 0.330 e. The molecule has 0 amide bonds. The number of carbonyl (C=O) groups excluding carboxylic acids is 1. The van der Waals surface area contributed by atoms with Crippen molar-refractivity contribution in [2.24, 2.45) is 22.7 Å². The van der Waals surface area contributed by atoms with E-state index in [0.717, 1.165) is 11.8 Å². The molecular weight excluding hydrogens is 212 g/mol. The zero-order valence-corrected chi connectivity index (χ0v) is 11.1. The van der Waals surface area contributed by atoms with Crippen molar-refractivity contribution in [3.63, 3.8) is 0 Å². The van der Waals surface area contributed by atoms with Crippen LogP contribution in [0.3, 0.4) is 0 Å². The van der Waals surface area contributed by atoms with E-state index in [4.69, 9.17) is 4.74 Å². The average molecular weight is 234 g/mol. The van der Waals surface area contributed by atoms with Gasteiger partial charge in [0.15, 0.2) is 0 Å². The maximum atomic E-state index is 11.5. The summed E-state index contributed by atoms with van der Waals surface area (Å²) >= 11 is 0. The Hall–Kier alpha value is -0.790. The van der Waals surface area contributed by atoms with Crippen LogP contribution in [0.15, 0.2) is 12.7 Å². The Labute approximate surface area is 103 Å². The second kappa shape index (κ2) is 2.96. The zero-order valence-electron chi connectivity index (χ0n) is 11.1. The van der Waals surface area contributed by atoms with Crippen LogP contribution in [0, 0.1) is 22.7 Å². The van der Waals surface area contributed by atoms with E-state index in [1.54, 1.807) is 0 Å². The predicted molar refractivity (Wildman–Crippen MR) is 66.4 cm³/mol. The minimum atomic E-state index is -0.318. The van der Waals surface area contributed by atoms with Crippen LogP contribution in [0.4, 0.5) is 0 Å². The van der Waals surface area contributed by atoms with Gasteiger partial charge < -0.3 is 4.74 Å². The third-order valence-electron chi connectivity index (χ3n) is 5.80. The van der Waals surface area contributed by atoms with Crippen molar-refractivity contribution >= 4 is 5.97 Å². The average Bonchev–Trinajstić information content (AvgIpc) is 2.79. The van der Waals surface area contributed by atoms with Crippen molar-refractivity contribution in [2.45, 2.75) is 52.1 Å². The molecule has 0 N–H and O–H groups in total. The molecule has 0 aliphatic heterocycles. The highest BCUT2D eigenvalue weighted by Crippen LogP contribution is 2.89. The van der Waals surface area contributed by atoms with Gasteiger partial charge in [-0.1, -0.05) is 13.5 Å². The summed E-state index contributed by atoms with van der Waals surface area (Å²) in [6.45, 7) is 10.0. The molecule has 2 nitrogen and oxygen atoms in total. The third kappa shape index (κ3) is 1.14. The van der Waals surface area contributed by atoms with Crippen LogP contribution in [-0.4, -0.2) is 11.6 Å². The first-order valence-corrected chi connectivity index (χ1v) is 6.72. The second-order valence-corrected chi connectivity index (χ2v) is 7.01. The lowest BCUT2D eigenvalue weighted by Crippen LogP contribution is -2.55. The Morgan fingerprint density at radius 2 is 2.18 bits per heavy atom. The Balaban J connectivity index is 1.83. The monoisotopic (exact) mass is 234 g/mol. The molecule has 4 unspecified atom stereocenters. The van der Waals surface area contributed by atoms with Gasteiger partial charge in [0.2, 0.25) is 0 Å². The molecule has 4 atom stereocenters. The lowest BCUT2D eigenvalue weighted by Gasteiger charge is -2.56. The predicted octanol–water partition coefficient (Wildman–Crippen LogP) is 3.32. The summed E-state index contributed by atoms with van der Waals surface area (Å²) in [6.07, 6.45) is 6.57. The normalized spacial score (nSPS) is 46.5. The molecule has 3 rings (SSSR count). The highest BCUT2D eigenvalue weighted by Gasteiger charge is 2.85. The summed E-state index contributed by atoms with van der Waals surface area (Å²) in [7, 11) is 0. The van der Waals surface area contributed by atoms with E-state index < -0.39 is 0 Å². The van der Waals surface area contributed by atoms with E-state index in [1.807, 2.05) is 0 Å². The van der Waals surface area contributed by atoms with Gasteiger partial charge in [-0.05, 0) is 56.8 Å². The summed E-state index contributed by atoms with van der Waals surface area (Å²) in [5.74, 6) is 1.36. The van der Waals surface area contributed by atoms with E-state index in [2.05, 4.69) is 27.4 Å². The van der Waals surface area contributed by atoms with E-state index >= 15 is 0 Å². The maximum absolute atomic E-state index is 11.5. The lowest BCUT2D eigenvalue weighted by atomic mass is 9.50. The quantitative estimate of drug-likeness (QED) is 0.553. The summed E-state index contributed by atoms with van der Waals surface area (Å²) < 4.78 is 5.65. The van der Waals surface area contributed by atoms with Gasteiger partial charge in [-0.2, -0.15) is 0 Å². The zero-order chi connectivity index (χ0) is 12.5. The minimum Gasteiger partial charge on any atom is -0.456 e. The van der Waals surface area contributed by atoms with E-state index in [-0.39, 0.29) is 11.6 Å². The molecule has 3 saturated carbocycles. The first kappa shape index (κ1) is 11.3. The van der Waals surface area contributed by atoms with Crippen molar-refractivity contribution in [2.75, 3.05) is 0 Å². The number of carbonyl (C=O) groups is 1. The van der Waals surface area contributed by atoms with Gasteiger partial charge in [-0.3, -0.25) is 0 Å². The molecular formula is C15H22O2. The summed E-state index contributed by atoms with van der Waals surface area (Å²) in [6, 6.07) is 0. The van der Waals surface area contributed by atoms with Crippen molar-refractivity contribution in [3.8, 4) is 0 Å². The van der Waals surface area contributed by atoms with Crippen molar-refractivity contribution < 1.29 is 9.53 Å². The van der Waals surface area contributed by atoms with Crippen LogP contribution < -0.4 is 0 Å². The number of ether oxygens (including phenoxy) is 1. The molecule has 3 aliphatic rings. The highest BCUT2D eigenvalue weighted by atomic mass is 16.6. The molecule has 2 bridgehead atoms. The van der Waals surface area contributed by atoms with Gasteiger partial charge in [0.1, 0.15) is 5.60 Å². The molecule has 3 aliphatic carbocycles. The molecule has 94 valence electrons. The fourth-order valence-corrected chi connectivity index (χ4v) is 5.42. The Kier molecular flexibility index (Phi) is 1.97. The Morgan fingerprint density at radius 1 is 1.47 bits per heavy atom. The van der Waals surface area contributed by atoms with Crippen LogP contribution in [0.1, 0.15) is 46.5 Å². The van der Waals surface area contributed by atoms with Crippen LogP contribution >= 0.6 is 0 Å². The third-order valence-corrected chi connectivity index (χ3v) is 5.80. The standard InChI is InChI=1S/C15H22O2/c1-5-12(16)17-13(3,4)15-9-14(15)7-10(2)6-11(15)8-14/h5,10-11H,1,6-9H2,2-4H3. The molecule has 0 spiro atoms. The number of hydrogen-bond acceptors (Lipinski definition) is 2. The van der Waals surface area contributed by atoms with Gasteiger partial charge in [-0.15, -0.1) is 0 Å². The van der Waals surface area contributed by atoms with Crippen molar-refractivity contribution in [1.29, 1.82) is 0 Å². The molecule has 0 saturated heterocycles. The Bertz CT molecular complexity index is 398. The highest BCUT2D eigenvalue weighted by molar-refractivity contribution is 5.81. The largest absolute Gasteiger partial charge is 0.456 e. The van der Waals surface area contributed by atoms with Gasteiger partial charge in [0, 0.05) is 11.5 Å². The fraction of sp³-hybridized carbons (Fsp3) is 0.800. The smallest absolute Gasteiger partial charge is 0.330 e.